The van der Waals surface area contributed by atoms with Crippen molar-refractivity contribution in [1.82, 2.24) is 15.0 Å². The molecule has 2 rings (SSSR count). The largest absolute Gasteiger partial charge is 0.347 e. The maximum absolute atomic E-state index is 5.40. The number of aryl methyl sites for hydroxylation is 2. The minimum Gasteiger partial charge on any atom is -0.347 e. The number of nitrogens with one attached hydrogen (secondary N) is 1. The molecule has 1 heterocycles. The molecular weight excluding hydrogens is 284 g/mol. The Morgan fingerprint density at radius 3 is 2.33 bits per heavy atom. The van der Waals surface area contributed by atoms with Crippen molar-refractivity contribution in [3.63, 3.8) is 0 Å². The van der Waals surface area contributed by atoms with Crippen LogP contribution in [0.5, 0.6) is 0 Å². The zero-order valence-corrected chi connectivity index (χ0v) is 13.5. The van der Waals surface area contributed by atoms with Crippen molar-refractivity contribution in [2.45, 2.75) is 24.8 Å². The number of hydrogen-bond donors (Lipinski definition) is 2. The van der Waals surface area contributed by atoms with Gasteiger partial charge in [0.25, 0.3) is 0 Å². The highest BCUT2D eigenvalue weighted by Gasteiger charge is 2.08. The zero-order chi connectivity index (χ0) is 15.4. The molecule has 7 heteroatoms. The third-order valence-corrected chi connectivity index (χ3v) is 3.70. The van der Waals surface area contributed by atoms with Crippen LogP contribution in [-0.2, 0) is 5.75 Å². The van der Waals surface area contributed by atoms with Crippen LogP contribution in [0.1, 0.15) is 16.7 Å². The molecule has 6 nitrogen and oxygen atoms in total. The van der Waals surface area contributed by atoms with Crippen LogP contribution in [-0.4, -0.2) is 29.0 Å². The molecule has 0 radical (unpaired) electrons. The van der Waals surface area contributed by atoms with Crippen LogP contribution in [0.4, 0.5) is 11.9 Å². The highest BCUT2D eigenvalue weighted by molar-refractivity contribution is 7.98. The van der Waals surface area contributed by atoms with E-state index in [1.807, 2.05) is 19.0 Å². The van der Waals surface area contributed by atoms with Crippen molar-refractivity contribution < 1.29 is 0 Å². The Bertz CT molecular complexity index is 609. The molecule has 0 spiro atoms. The first-order chi connectivity index (χ1) is 9.97. The predicted octanol–water partition coefficient (Wildman–Crippen LogP) is 2.13. The van der Waals surface area contributed by atoms with Crippen LogP contribution in [0.3, 0.4) is 0 Å². The summed E-state index contributed by atoms with van der Waals surface area (Å²) in [6, 6.07) is 6.52. The molecule has 1 aromatic heterocycles. The van der Waals surface area contributed by atoms with E-state index in [0.717, 1.165) is 5.75 Å². The Kier molecular flexibility index (Phi) is 4.98. The Balaban J connectivity index is 2.17. The summed E-state index contributed by atoms with van der Waals surface area (Å²) < 4.78 is 0. The monoisotopic (exact) mass is 304 g/mol. The van der Waals surface area contributed by atoms with Gasteiger partial charge in [0.1, 0.15) is 0 Å². The Hall–Kier alpha value is -1.86. The van der Waals surface area contributed by atoms with Gasteiger partial charge in [0, 0.05) is 19.8 Å². The topological polar surface area (TPSA) is 80.0 Å². The van der Waals surface area contributed by atoms with Gasteiger partial charge < -0.3 is 4.90 Å². The van der Waals surface area contributed by atoms with Crippen LogP contribution in [0, 0.1) is 13.8 Å². The number of anilines is 2. The minimum atomic E-state index is 0.372. The van der Waals surface area contributed by atoms with E-state index < -0.39 is 0 Å². The maximum atomic E-state index is 5.40. The Morgan fingerprint density at radius 2 is 1.76 bits per heavy atom. The van der Waals surface area contributed by atoms with Gasteiger partial charge in [-0.15, -0.1) is 0 Å². The lowest BCUT2D eigenvalue weighted by molar-refractivity contribution is 0.865. The number of nitrogens with two attached hydrogens (primary N) is 1. The molecule has 0 atom stereocenters. The van der Waals surface area contributed by atoms with Crippen molar-refractivity contribution in [1.29, 1.82) is 0 Å². The zero-order valence-electron chi connectivity index (χ0n) is 12.7. The molecule has 0 bridgehead atoms. The van der Waals surface area contributed by atoms with E-state index in [1.165, 1.54) is 16.7 Å². The van der Waals surface area contributed by atoms with Gasteiger partial charge in [0.15, 0.2) is 5.16 Å². The van der Waals surface area contributed by atoms with E-state index in [9.17, 15) is 0 Å². The van der Waals surface area contributed by atoms with E-state index in [2.05, 4.69) is 52.4 Å². The van der Waals surface area contributed by atoms with Gasteiger partial charge in [-0.3, -0.25) is 5.43 Å². The second kappa shape index (κ2) is 6.73. The lowest BCUT2D eigenvalue weighted by atomic mass is 10.1. The fourth-order valence-electron chi connectivity index (χ4n) is 1.98. The van der Waals surface area contributed by atoms with Crippen molar-refractivity contribution in [2.24, 2.45) is 5.84 Å². The molecule has 112 valence electrons. The number of aromatic nitrogens is 3. The van der Waals surface area contributed by atoms with Crippen LogP contribution in [0.15, 0.2) is 23.4 Å². The summed E-state index contributed by atoms with van der Waals surface area (Å²) in [6.07, 6.45) is 0. The standard InChI is InChI=1S/C14H20N6S/c1-9-5-10(2)7-11(6-9)8-21-14-17-12(19-15)16-13(18-14)20(3)4/h5-7H,8,15H2,1-4H3,(H,16,17,18,19). The number of nitrogen functional groups attached to an aromatic ring is 1. The molecule has 0 fully saturated rings. The summed E-state index contributed by atoms with van der Waals surface area (Å²) in [4.78, 5) is 14.7. The van der Waals surface area contributed by atoms with Gasteiger partial charge in [0.05, 0.1) is 0 Å². The SMILES string of the molecule is Cc1cc(C)cc(CSc2nc(NN)nc(N(C)C)n2)c1. The van der Waals surface area contributed by atoms with Gasteiger partial charge in [-0.1, -0.05) is 41.1 Å². The average molecular weight is 304 g/mol. The van der Waals surface area contributed by atoms with Crippen molar-refractivity contribution in [3.05, 3.63) is 34.9 Å². The minimum absolute atomic E-state index is 0.372. The number of hydrogen-bond acceptors (Lipinski definition) is 7. The molecule has 2 aromatic rings. The fourth-order valence-corrected chi connectivity index (χ4v) is 2.73. The van der Waals surface area contributed by atoms with Crippen molar-refractivity contribution in [2.75, 3.05) is 24.4 Å². The predicted molar refractivity (Wildman–Crippen MR) is 87.4 cm³/mol. The Morgan fingerprint density at radius 1 is 1.10 bits per heavy atom. The maximum Gasteiger partial charge on any atom is 0.242 e. The summed E-state index contributed by atoms with van der Waals surface area (Å²) in [5, 5.41) is 0.654. The summed E-state index contributed by atoms with van der Waals surface area (Å²) in [6.45, 7) is 4.20. The number of nitrogens with zero attached hydrogens (tertiary/aromatic N) is 4. The first-order valence-corrected chi connectivity index (χ1v) is 7.56. The van der Waals surface area contributed by atoms with Gasteiger partial charge >= 0.3 is 0 Å². The number of hydrazine groups is 1. The normalized spacial score (nSPS) is 10.5. The van der Waals surface area contributed by atoms with Gasteiger partial charge in [0.2, 0.25) is 11.9 Å². The van der Waals surface area contributed by atoms with E-state index in [4.69, 9.17) is 5.84 Å². The molecular formula is C14H20N6S. The molecule has 0 amide bonds. The van der Waals surface area contributed by atoms with Gasteiger partial charge in [-0.25, -0.2) is 5.84 Å². The first-order valence-electron chi connectivity index (χ1n) is 6.58. The average Bonchev–Trinajstić information content (AvgIpc) is 2.43. The van der Waals surface area contributed by atoms with Crippen LogP contribution in [0.2, 0.25) is 0 Å². The van der Waals surface area contributed by atoms with E-state index >= 15 is 0 Å². The lowest BCUT2D eigenvalue weighted by Gasteiger charge is -2.12. The second-order valence-corrected chi connectivity index (χ2v) is 6.01. The van der Waals surface area contributed by atoms with Gasteiger partial charge in [-0.2, -0.15) is 15.0 Å². The molecule has 0 aliphatic carbocycles. The smallest absolute Gasteiger partial charge is 0.242 e. The summed E-state index contributed by atoms with van der Waals surface area (Å²) >= 11 is 1.57. The summed E-state index contributed by atoms with van der Waals surface area (Å²) in [5.74, 6) is 7.17. The number of rotatable bonds is 5. The van der Waals surface area contributed by atoms with Crippen LogP contribution < -0.4 is 16.2 Å². The summed E-state index contributed by atoms with van der Waals surface area (Å²) in [7, 11) is 3.77. The summed E-state index contributed by atoms with van der Waals surface area (Å²) in [5.41, 5.74) is 6.26. The van der Waals surface area contributed by atoms with E-state index in [0.29, 0.717) is 17.1 Å². The molecule has 21 heavy (non-hydrogen) atoms. The Labute approximate surface area is 129 Å². The molecule has 0 saturated carbocycles. The molecule has 0 saturated heterocycles. The molecule has 0 aliphatic heterocycles. The number of benzene rings is 1. The van der Waals surface area contributed by atoms with E-state index in [-0.39, 0.29) is 0 Å². The van der Waals surface area contributed by atoms with E-state index in [1.54, 1.807) is 11.8 Å². The highest BCUT2D eigenvalue weighted by atomic mass is 32.2. The third-order valence-electron chi connectivity index (χ3n) is 2.78. The first kappa shape index (κ1) is 15.5. The molecule has 3 N–H and O–H groups in total. The lowest BCUT2D eigenvalue weighted by Crippen LogP contribution is -2.17. The van der Waals surface area contributed by atoms with Gasteiger partial charge in [-0.05, 0) is 19.4 Å². The highest BCUT2D eigenvalue weighted by Crippen LogP contribution is 2.23. The van der Waals surface area contributed by atoms with Crippen LogP contribution >= 0.6 is 11.8 Å². The van der Waals surface area contributed by atoms with Crippen molar-refractivity contribution >= 4 is 23.7 Å². The van der Waals surface area contributed by atoms with Crippen LogP contribution in [0.25, 0.3) is 0 Å². The fraction of sp³-hybridized carbons (Fsp3) is 0.357. The second-order valence-electron chi connectivity index (χ2n) is 5.06. The molecule has 0 unspecified atom stereocenters. The molecule has 1 aromatic carbocycles. The third kappa shape index (κ3) is 4.30. The van der Waals surface area contributed by atoms with Crippen molar-refractivity contribution in [3.8, 4) is 0 Å². The quantitative estimate of drug-likeness (QED) is 0.497. The molecule has 0 aliphatic rings. The number of thioether (sulfide) groups is 1.